The van der Waals surface area contributed by atoms with E-state index in [0.717, 1.165) is 11.3 Å². The summed E-state index contributed by atoms with van der Waals surface area (Å²) in [5.74, 6) is 0. The summed E-state index contributed by atoms with van der Waals surface area (Å²) in [7, 11) is 0. The second-order valence-electron chi connectivity index (χ2n) is 3.39. The molecule has 2 heteroatoms. The highest BCUT2D eigenvalue weighted by Crippen LogP contribution is 2.21. The van der Waals surface area contributed by atoms with Gasteiger partial charge in [0.2, 0.25) is 0 Å². The molecule has 0 saturated carbocycles. The first-order chi connectivity index (χ1) is 6.77. The van der Waals surface area contributed by atoms with Crippen molar-refractivity contribution in [3.8, 4) is 11.1 Å². The second-order valence-corrected chi connectivity index (χ2v) is 3.39. The van der Waals surface area contributed by atoms with Crippen LogP contribution in [-0.2, 0) is 0 Å². The van der Waals surface area contributed by atoms with Crippen LogP contribution in [0, 0.1) is 13.8 Å². The maximum absolute atomic E-state index is 4.17. The number of rotatable bonds is 1. The standard InChI is InChI=1S/C12H12N2/c1-9-4-3-5-11(6-9)12-7-13-8-14-10(12)2/h3-8H,1-2H3. The number of hydrogen-bond acceptors (Lipinski definition) is 2. The molecule has 2 nitrogen and oxygen atoms in total. The Morgan fingerprint density at radius 2 is 2.00 bits per heavy atom. The molecule has 0 spiro atoms. The van der Waals surface area contributed by atoms with Gasteiger partial charge in [-0.1, -0.05) is 29.8 Å². The molecule has 14 heavy (non-hydrogen) atoms. The quantitative estimate of drug-likeness (QED) is 0.681. The zero-order valence-corrected chi connectivity index (χ0v) is 8.36. The van der Waals surface area contributed by atoms with Crippen molar-refractivity contribution in [3.63, 3.8) is 0 Å². The van der Waals surface area contributed by atoms with E-state index in [1.54, 1.807) is 6.33 Å². The number of nitrogens with zero attached hydrogens (tertiary/aromatic N) is 2. The minimum Gasteiger partial charge on any atom is -0.244 e. The van der Waals surface area contributed by atoms with E-state index in [1.807, 2.05) is 13.1 Å². The monoisotopic (exact) mass is 184 g/mol. The van der Waals surface area contributed by atoms with E-state index in [4.69, 9.17) is 0 Å². The Hall–Kier alpha value is -1.70. The van der Waals surface area contributed by atoms with Gasteiger partial charge in [0, 0.05) is 17.5 Å². The molecular formula is C12H12N2. The second kappa shape index (κ2) is 3.58. The van der Waals surface area contributed by atoms with Crippen LogP contribution in [0.2, 0.25) is 0 Å². The SMILES string of the molecule is Cc1cccc(-c2cncnc2C)c1. The lowest BCUT2D eigenvalue weighted by atomic mass is 10.0. The number of hydrogen-bond donors (Lipinski definition) is 0. The van der Waals surface area contributed by atoms with Gasteiger partial charge < -0.3 is 0 Å². The molecule has 0 saturated heterocycles. The Morgan fingerprint density at radius 3 is 2.71 bits per heavy atom. The molecule has 0 aliphatic carbocycles. The number of benzene rings is 1. The first-order valence-electron chi connectivity index (χ1n) is 4.61. The highest BCUT2D eigenvalue weighted by molar-refractivity contribution is 5.65. The zero-order chi connectivity index (χ0) is 9.97. The Labute approximate surface area is 83.7 Å². The molecule has 0 bridgehead atoms. The molecular weight excluding hydrogens is 172 g/mol. The van der Waals surface area contributed by atoms with Crippen molar-refractivity contribution in [3.05, 3.63) is 48.0 Å². The van der Waals surface area contributed by atoms with Gasteiger partial charge in [-0.05, 0) is 19.4 Å². The topological polar surface area (TPSA) is 25.8 Å². The molecule has 0 fully saturated rings. The van der Waals surface area contributed by atoms with Crippen LogP contribution in [-0.4, -0.2) is 9.97 Å². The summed E-state index contributed by atoms with van der Waals surface area (Å²) in [5.41, 5.74) is 4.57. The smallest absolute Gasteiger partial charge is 0.115 e. The molecule has 0 N–H and O–H groups in total. The average Bonchev–Trinajstić information content (AvgIpc) is 2.18. The van der Waals surface area contributed by atoms with E-state index in [-0.39, 0.29) is 0 Å². The first-order valence-corrected chi connectivity index (χ1v) is 4.61. The summed E-state index contributed by atoms with van der Waals surface area (Å²) in [6.45, 7) is 4.09. The molecule has 0 aliphatic heterocycles. The Morgan fingerprint density at radius 1 is 1.14 bits per heavy atom. The van der Waals surface area contributed by atoms with Crippen LogP contribution >= 0.6 is 0 Å². The van der Waals surface area contributed by atoms with Gasteiger partial charge in [0.1, 0.15) is 6.33 Å². The Balaban J connectivity index is 2.55. The fourth-order valence-corrected chi connectivity index (χ4v) is 1.49. The van der Waals surface area contributed by atoms with E-state index in [2.05, 4.69) is 41.2 Å². The lowest BCUT2D eigenvalue weighted by Gasteiger charge is -2.04. The van der Waals surface area contributed by atoms with Crippen molar-refractivity contribution in [2.24, 2.45) is 0 Å². The Bertz CT molecular complexity index is 450. The van der Waals surface area contributed by atoms with Crippen molar-refractivity contribution < 1.29 is 0 Å². The van der Waals surface area contributed by atoms with E-state index in [0.29, 0.717) is 0 Å². The zero-order valence-electron chi connectivity index (χ0n) is 8.36. The van der Waals surface area contributed by atoms with Crippen LogP contribution in [0.25, 0.3) is 11.1 Å². The van der Waals surface area contributed by atoms with Crippen molar-refractivity contribution in [2.75, 3.05) is 0 Å². The van der Waals surface area contributed by atoms with Crippen LogP contribution in [0.3, 0.4) is 0 Å². The van der Waals surface area contributed by atoms with Crippen LogP contribution < -0.4 is 0 Å². The lowest BCUT2D eigenvalue weighted by molar-refractivity contribution is 1.10. The largest absolute Gasteiger partial charge is 0.244 e. The highest BCUT2D eigenvalue weighted by atomic mass is 14.8. The molecule has 0 aliphatic rings. The molecule has 2 aromatic rings. The van der Waals surface area contributed by atoms with Gasteiger partial charge in [-0.15, -0.1) is 0 Å². The fraction of sp³-hybridized carbons (Fsp3) is 0.167. The number of aromatic nitrogens is 2. The summed E-state index contributed by atoms with van der Waals surface area (Å²) in [4.78, 5) is 8.21. The van der Waals surface area contributed by atoms with E-state index in [9.17, 15) is 0 Å². The van der Waals surface area contributed by atoms with Crippen molar-refractivity contribution in [1.29, 1.82) is 0 Å². The summed E-state index contributed by atoms with van der Waals surface area (Å²) < 4.78 is 0. The van der Waals surface area contributed by atoms with Crippen LogP contribution in [0.4, 0.5) is 0 Å². The first kappa shape index (κ1) is 8.88. The van der Waals surface area contributed by atoms with Crippen LogP contribution in [0.15, 0.2) is 36.8 Å². The maximum atomic E-state index is 4.17. The van der Waals surface area contributed by atoms with Crippen molar-refractivity contribution >= 4 is 0 Å². The molecule has 1 heterocycles. The van der Waals surface area contributed by atoms with E-state index >= 15 is 0 Å². The maximum Gasteiger partial charge on any atom is 0.115 e. The molecule has 70 valence electrons. The third-order valence-corrected chi connectivity index (χ3v) is 2.24. The van der Waals surface area contributed by atoms with Gasteiger partial charge in [-0.3, -0.25) is 0 Å². The van der Waals surface area contributed by atoms with Gasteiger partial charge >= 0.3 is 0 Å². The minimum absolute atomic E-state index is 1.02. The summed E-state index contributed by atoms with van der Waals surface area (Å²) in [6, 6.07) is 8.37. The van der Waals surface area contributed by atoms with E-state index < -0.39 is 0 Å². The van der Waals surface area contributed by atoms with Crippen molar-refractivity contribution in [1.82, 2.24) is 9.97 Å². The van der Waals surface area contributed by atoms with Gasteiger partial charge in [0.05, 0.1) is 0 Å². The van der Waals surface area contributed by atoms with Gasteiger partial charge in [0.25, 0.3) is 0 Å². The molecule has 1 aromatic carbocycles. The normalized spacial score (nSPS) is 10.1. The van der Waals surface area contributed by atoms with Crippen LogP contribution in [0.1, 0.15) is 11.3 Å². The minimum atomic E-state index is 1.02. The van der Waals surface area contributed by atoms with Crippen molar-refractivity contribution in [2.45, 2.75) is 13.8 Å². The summed E-state index contributed by atoms with van der Waals surface area (Å²) >= 11 is 0. The molecule has 0 unspecified atom stereocenters. The number of aryl methyl sites for hydroxylation is 2. The molecule has 0 radical (unpaired) electrons. The molecule has 1 aromatic heterocycles. The predicted octanol–water partition coefficient (Wildman–Crippen LogP) is 2.76. The summed E-state index contributed by atoms with van der Waals surface area (Å²) in [6.07, 6.45) is 3.44. The molecule has 0 atom stereocenters. The molecule has 2 rings (SSSR count). The lowest BCUT2D eigenvalue weighted by Crippen LogP contribution is -1.88. The third kappa shape index (κ3) is 1.64. The molecule has 0 amide bonds. The third-order valence-electron chi connectivity index (χ3n) is 2.24. The van der Waals surface area contributed by atoms with Gasteiger partial charge in [0.15, 0.2) is 0 Å². The summed E-state index contributed by atoms with van der Waals surface area (Å²) in [5, 5.41) is 0. The van der Waals surface area contributed by atoms with Gasteiger partial charge in [-0.2, -0.15) is 0 Å². The van der Waals surface area contributed by atoms with Crippen LogP contribution in [0.5, 0.6) is 0 Å². The predicted molar refractivity (Wildman–Crippen MR) is 56.9 cm³/mol. The van der Waals surface area contributed by atoms with E-state index in [1.165, 1.54) is 11.1 Å². The van der Waals surface area contributed by atoms with Gasteiger partial charge in [-0.25, -0.2) is 9.97 Å². The highest BCUT2D eigenvalue weighted by Gasteiger charge is 2.01. The Kier molecular flexibility index (Phi) is 2.27. The average molecular weight is 184 g/mol. The fourth-order valence-electron chi connectivity index (χ4n) is 1.49.